The van der Waals surface area contributed by atoms with Crippen LogP contribution in [0.4, 0.5) is 5.69 Å². The number of hydrogen-bond acceptors (Lipinski definition) is 2. The van der Waals surface area contributed by atoms with Crippen molar-refractivity contribution < 1.29 is 9.59 Å². The Morgan fingerprint density at radius 2 is 2.12 bits per heavy atom. The zero-order chi connectivity index (χ0) is 11.7. The number of rotatable bonds is 0. The Balaban J connectivity index is 2.68. The molecule has 80 valence electrons. The monoisotopic (exact) mass is 234 g/mol. The van der Waals surface area contributed by atoms with Crippen LogP contribution >= 0.6 is 11.6 Å². The summed E-state index contributed by atoms with van der Waals surface area (Å²) in [5.41, 5.74) is 1.02. The Hall–Kier alpha value is -1.99. The highest BCUT2D eigenvalue weighted by atomic mass is 35.5. The molecule has 0 fully saturated rings. The van der Waals surface area contributed by atoms with Crippen LogP contribution in [0, 0.1) is 12.3 Å². The molecule has 0 bridgehead atoms. The van der Waals surface area contributed by atoms with Gasteiger partial charge in [0.15, 0.2) is 0 Å². The van der Waals surface area contributed by atoms with E-state index in [9.17, 15) is 9.59 Å². The van der Waals surface area contributed by atoms with Crippen LogP contribution in [-0.2, 0) is 4.79 Å². The summed E-state index contributed by atoms with van der Waals surface area (Å²) in [6.07, 6.45) is 5.29. The molecule has 1 aliphatic rings. The lowest BCUT2D eigenvalue weighted by Crippen LogP contribution is -2.28. The first kappa shape index (κ1) is 10.5. The first-order valence-electron chi connectivity index (χ1n) is 4.50. The summed E-state index contributed by atoms with van der Waals surface area (Å²) in [6.45, 7) is -0.0743. The molecule has 0 spiro atoms. The normalized spacial score (nSPS) is 14.2. The summed E-state index contributed by atoms with van der Waals surface area (Å²) < 4.78 is 0. The molecule has 2 rings (SSSR count). The summed E-state index contributed by atoms with van der Waals surface area (Å²) in [5.74, 6) is 1.70. The van der Waals surface area contributed by atoms with E-state index in [2.05, 4.69) is 16.6 Å². The number of terminal acetylenes is 1. The van der Waals surface area contributed by atoms with Gasteiger partial charge in [-0.25, -0.2) is 0 Å². The van der Waals surface area contributed by atoms with Crippen molar-refractivity contribution in [2.24, 2.45) is 0 Å². The largest absolute Gasteiger partial charge is 0.343 e. The Kier molecular flexibility index (Phi) is 2.55. The minimum absolute atomic E-state index is 0.0743. The van der Waals surface area contributed by atoms with Gasteiger partial charge in [0.25, 0.3) is 5.91 Å². The van der Waals surface area contributed by atoms with Crippen molar-refractivity contribution in [2.75, 3.05) is 11.9 Å². The van der Waals surface area contributed by atoms with E-state index in [1.807, 2.05) is 0 Å². The number of halogens is 1. The summed E-state index contributed by atoms with van der Waals surface area (Å²) in [6, 6.07) is 3.00. The van der Waals surface area contributed by atoms with Crippen molar-refractivity contribution in [1.29, 1.82) is 0 Å². The number of hydrogen-bond donors (Lipinski definition) is 2. The molecule has 0 atom stereocenters. The Morgan fingerprint density at radius 1 is 1.38 bits per heavy atom. The van der Waals surface area contributed by atoms with Gasteiger partial charge in [-0.1, -0.05) is 17.5 Å². The van der Waals surface area contributed by atoms with Gasteiger partial charge in [-0.2, -0.15) is 0 Å². The van der Waals surface area contributed by atoms with Crippen molar-refractivity contribution in [3.8, 4) is 12.3 Å². The fourth-order valence-electron chi connectivity index (χ4n) is 1.47. The summed E-state index contributed by atoms with van der Waals surface area (Å²) in [5, 5.41) is 5.39. The van der Waals surface area contributed by atoms with Crippen molar-refractivity contribution in [1.82, 2.24) is 5.32 Å². The number of carbonyl (C=O) groups is 2. The molecule has 0 aliphatic carbocycles. The number of carbonyl (C=O) groups excluding carboxylic acids is 2. The van der Waals surface area contributed by atoms with Crippen LogP contribution in [0.2, 0.25) is 5.02 Å². The molecule has 2 N–H and O–H groups in total. The fourth-order valence-corrected chi connectivity index (χ4v) is 1.69. The minimum Gasteiger partial charge on any atom is -0.343 e. The van der Waals surface area contributed by atoms with Gasteiger partial charge in [-0.05, 0) is 12.1 Å². The third-order valence-electron chi connectivity index (χ3n) is 2.18. The molecule has 0 unspecified atom stereocenters. The average Bonchev–Trinajstić information content (AvgIpc) is 2.39. The molecule has 1 aliphatic heterocycles. The highest BCUT2D eigenvalue weighted by molar-refractivity contribution is 6.31. The number of nitrogens with one attached hydrogen (secondary N) is 2. The van der Waals surface area contributed by atoms with Gasteiger partial charge >= 0.3 is 0 Å². The van der Waals surface area contributed by atoms with E-state index in [0.29, 0.717) is 16.3 Å². The molecule has 16 heavy (non-hydrogen) atoms. The predicted molar refractivity (Wildman–Crippen MR) is 60.3 cm³/mol. The second-order valence-electron chi connectivity index (χ2n) is 3.25. The molecule has 1 aromatic rings. The summed E-state index contributed by atoms with van der Waals surface area (Å²) in [4.78, 5) is 23.0. The van der Waals surface area contributed by atoms with Crippen LogP contribution in [-0.4, -0.2) is 18.4 Å². The molecule has 4 nitrogen and oxygen atoms in total. The predicted octanol–water partition coefficient (Wildman–Crippen LogP) is 1.00. The van der Waals surface area contributed by atoms with Crippen LogP contribution < -0.4 is 10.6 Å². The van der Waals surface area contributed by atoms with Gasteiger partial charge in [0.2, 0.25) is 5.91 Å². The average molecular weight is 235 g/mol. The number of fused-ring (bicyclic) bond motifs is 1. The summed E-state index contributed by atoms with van der Waals surface area (Å²) >= 11 is 5.83. The molecule has 0 saturated heterocycles. The van der Waals surface area contributed by atoms with E-state index in [-0.39, 0.29) is 23.9 Å². The van der Waals surface area contributed by atoms with Crippen molar-refractivity contribution in [3.63, 3.8) is 0 Å². The molecular formula is C11H7ClN2O2. The van der Waals surface area contributed by atoms with Crippen molar-refractivity contribution in [3.05, 3.63) is 28.3 Å². The lowest BCUT2D eigenvalue weighted by atomic mass is 10.1. The van der Waals surface area contributed by atoms with Crippen LogP contribution in [0.1, 0.15) is 15.9 Å². The van der Waals surface area contributed by atoms with E-state index in [1.54, 1.807) is 0 Å². The SMILES string of the molecule is C#Cc1cc(Cl)cc2c1NC(=O)CNC2=O. The van der Waals surface area contributed by atoms with Gasteiger partial charge in [0.1, 0.15) is 0 Å². The number of anilines is 1. The number of benzene rings is 1. The molecule has 1 aromatic carbocycles. The molecule has 0 radical (unpaired) electrons. The molecule has 0 aromatic heterocycles. The van der Waals surface area contributed by atoms with Crippen LogP contribution in [0.25, 0.3) is 0 Å². The van der Waals surface area contributed by atoms with Crippen molar-refractivity contribution >= 4 is 29.1 Å². The molecular weight excluding hydrogens is 228 g/mol. The van der Waals surface area contributed by atoms with E-state index >= 15 is 0 Å². The van der Waals surface area contributed by atoms with Crippen LogP contribution in [0.5, 0.6) is 0 Å². The Labute approximate surface area is 97.0 Å². The highest BCUT2D eigenvalue weighted by Gasteiger charge is 2.21. The lowest BCUT2D eigenvalue weighted by molar-refractivity contribution is -0.115. The van der Waals surface area contributed by atoms with Crippen molar-refractivity contribution in [2.45, 2.75) is 0 Å². The van der Waals surface area contributed by atoms with E-state index in [1.165, 1.54) is 12.1 Å². The second kappa shape index (κ2) is 3.87. The van der Waals surface area contributed by atoms with Gasteiger partial charge in [-0.3, -0.25) is 9.59 Å². The third-order valence-corrected chi connectivity index (χ3v) is 2.40. The van der Waals surface area contributed by atoms with Gasteiger partial charge in [0, 0.05) is 5.02 Å². The maximum absolute atomic E-state index is 11.6. The second-order valence-corrected chi connectivity index (χ2v) is 3.69. The standard InChI is InChI=1S/C11H7ClN2O2/c1-2-6-3-7(12)4-8-10(6)14-9(15)5-13-11(8)16/h1,3-4H,5H2,(H,13,16)(H,14,15). The van der Waals surface area contributed by atoms with Crippen LogP contribution in [0.15, 0.2) is 12.1 Å². The number of amides is 2. The van der Waals surface area contributed by atoms with E-state index in [4.69, 9.17) is 18.0 Å². The van der Waals surface area contributed by atoms with Crippen LogP contribution in [0.3, 0.4) is 0 Å². The molecule has 1 heterocycles. The Bertz CT molecular complexity index is 532. The highest BCUT2D eigenvalue weighted by Crippen LogP contribution is 2.26. The van der Waals surface area contributed by atoms with Gasteiger partial charge < -0.3 is 10.6 Å². The smallest absolute Gasteiger partial charge is 0.253 e. The quantitative estimate of drug-likeness (QED) is 0.658. The summed E-state index contributed by atoms with van der Waals surface area (Å²) in [7, 11) is 0. The van der Waals surface area contributed by atoms with E-state index in [0.717, 1.165) is 0 Å². The minimum atomic E-state index is -0.368. The third kappa shape index (κ3) is 1.73. The zero-order valence-electron chi connectivity index (χ0n) is 8.13. The molecule has 5 heteroatoms. The molecule has 0 saturated carbocycles. The fraction of sp³-hybridized carbons (Fsp3) is 0.0909. The Morgan fingerprint density at radius 3 is 2.81 bits per heavy atom. The first-order chi connectivity index (χ1) is 7.61. The van der Waals surface area contributed by atoms with Gasteiger partial charge in [-0.15, -0.1) is 6.42 Å². The first-order valence-corrected chi connectivity index (χ1v) is 4.88. The molecule has 2 amide bonds. The zero-order valence-corrected chi connectivity index (χ0v) is 8.89. The maximum Gasteiger partial charge on any atom is 0.253 e. The lowest BCUT2D eigenvalue weighted by Gasteiger charge is -2.08. The van der Waals surface area contributed by atoms with Gasteiger partial charge in [0.05, 0.1) is 23.4 Å². The van der Waals surface area contributed by atoms with E-state index < -0.39 is 0 Å². The maximum atomic E-state index is 11.6. The topological polar surface area (TPSA) is 58.2 Å².